The van der Waals surface area contributed by atoms with Gasteiger partial charge in [0.15, 0.2) is 6.61 Å². The maximum Gasteiger partial charge on any atom is 0.263 e. The summed E-state index contributed by atoms with van der Waals surface area (Å²) < 4.78 is 7.27. The number of halogens is 1. The molecule has 0 aliphatic carbocycles. The minimum absolute atomic E-state index is 0.131. The molecule has 0 radical (unpaired) electrons. The van der Waals surface area contributed by atoms with Crippen molar-refractivity contribution in [3.8, 4) is 5.75 Å². The highest BCUT2D eigenvalue weighted by molar-refractivity contribution is 6.30. The van der Waals surface area contributed by atoms with E-state index in [4.69, 9.17) is 16.3 Å². The van der Waals surface area contributed by atoms with Gasteiger partial charge < -0.3 is 15.0 Å². The summed E-state index contributed by atoms with van der Waals surface area (Å²) in [5.41, 5.74) is 1.87. The van der Waals surface area contributed by atoms with Crippen LogP contribution in [0.25, 0.3) is 0 Å². The lowest BCUT2D eigenvalue weighted by Crippen LogP contribution is -2.23. The van der Waals surface area contributed by atoms with Crippen molar-refractivity contribution in [1.29, 1.82) is 0 Å². The van der Waals surface area contributed by atoms with E-state index in [0.29, 0.717) is 29.6 Å². The normalized spacial score (nSPS) is 13.5. The van der Waals surface area contributed by atoms with E-state index in [1.54, 1.807) is 34.0 Å². The minimum atomic E-state index is -0.286. The predicted octanol–water partition coefficient (Wildman–Crippen LogP) is 3.73. The number of rotatable bonds is 7. The van der Waals surface area contributed by atoms with E-state index in [1.165, 1.54) is 0 Å². The second-order valence-corrected chi connectivity index (χ2v) is 7.42. The molecule has 30 heavy (non-hydrogen) atoms. The van der Waals surface area contributed by atoms with E-state index in [-0.39, 0.29) is 18.4 Å². The summed E-state index contributed by atoms with van der Waals surface area (Å²) in [5.74, 6) is 1.00. The molecule has 1 aliphatic rings. The number of hydrogen-bond acceptors (Lipinski definition) is 4. The summed E-state index contributed by atoms with van der Waals surface area (Å²) in [6, 6.07) is 16.4. The van der Waals surface area contributed by atoms with Gasteiger partial charge in [0.1, 0.15) is 11.6 Å². The Labute approximate surface area is 179 Å². The number of carbonyl (C=O) groups is 2. The van der Waals surface area contributed by atoms with Crippen LogP contribution in [0.2, 0.25) is 5.02 Å². The van der Waals surface area contributed by atoms with E-state index >= 15 is 0 Å². The Morgan fingerprint density at radius 3 is 2.57 bits per heavy atom. The number of nitrogens with zero attached hydrogens (tertiary/aromatic N) is 3. The predicted molar refractivity (Wildman–Crippen MR) is 115 cm³/mol. The second-order valence-electron chi connectivity index (χ2n) is 6.98. The van der Waals surface area contributed by atoms with Crippen molar-refractivity contribution < 1.29 is 14.3 Å². The first-order chi connectivity index (χ1) is 14.6. The van der Waals surface area contributed by atoms with Crippen molar-refractivity contribution in [1.82, 2.24) is 9.78 Å². The van der Waals surface area contributed by atoms with Gasteiger partial charge >= 0.3 is 0 Å². The van der Waals surface area contributed by atoms with Crippen LogP contribution in [-0.2, 0) is 16.1 Å². The summed E-state index contributed by atoms with van der Waals surface area (Å²) in [7, 11) is 0. The molecule has 154 valence electrons. The zero-order valence-electron chi connectivity index (χ0n) is 16.3. The number of ether oxygens (including phenoxy) is 1. The minimum Gasteiger partial charge on any atom is -0.484 e. The highest BCUT2D eigenvalue weighted by atomic mass is 35.5. The summed E-state index contributed by atoms with van der Waals surface area (Å²) in [5, 5.41) is 7.74. The molecule has 1 fully saturated rings. The molecule has 3 aromatic rings. The van der Waals surface area contributed by atoms with Crippen molar-refractivity contribution >= 4 is 34.9 Å². The Morgan fingerprint density at radius 2 is 1.87 bits per heavy atom. The van der Waals surface area contributed by atoms with Crippen LogP contribution in [-0.4, -0.2) is 34.7 Å². The number of amides is 2. The number of benzene rings is 2. The molecule has 1 N–H and O–H groups in total. The van der Waals surface area contributed by atoms with Crippen LogP contribution in [0.5, 0.6) is 5.75 Å². The standard InChI is InChI=1S/C22H21ClN4O3/c23-17-5-3-16(4-6-17)14-27-20(11-12-24-27)25-21(28)15-30-19-9-7-18(8-10-19)26-13-1-2-22(26)29/h3-12H,1-2,13-15H2,(H,25,28). The third kappa shape index (κ3) is 4.80. The molecule has 0 spiro atoms. The van der Waals surface area contributed by atoms with Gasteiger partial charge in [0, 0.05) is 29.7 Å². The fourth-order valence-corrected chi connectivity index (χ4v) is 3.42. The van der Waals surface area contributed by atoms with Gasteiger partial charge in [-0.25, -0.2) is 4.68 Å². The maximum atomic E-state index is 12.3. The smallest absolute Gasteiger partial charge is 0.263 e. The number of hydrogen-bond donors (Lipinski definition) is 1. The van der Waals surface area contributed by atoms with Gasteiger partial charge in [-0.15, -0.1) is 0 Å². The molecule has 2 heterocycles. The lowest BCUT2D eigenvalue weighted by molar-refractivity contribution is -0.118. The van der Waals surface area contributed by atoms with Crippen LogP contribution in [0.1, 0.15) is 18.4 Å². The van der Waals surface area contributed by atoms with E-state index in [1.807, 2.05) is 36.4 Å². The number of anilines is 2. The Bertz CT molecular complexity index is 1030. The monoisotopic (exact) mass is 424 g/mol. The van der Waals surface area contributed by atoms with Crippen LogP contribution >= 0.6 is 11.6 Å². The third-order valence-electron chi connectivity index (χ3n) is 4.82. The number of aromatic nitrogens is 2. The van der Waals surface area contributed by atoms with Gasteiger partial charge in [-0.1, -0.05) is 23.7 Å². The van der Waals surface area contributed by atoms with Crippen molar-refractivity contribution in [2.45, 2.75) is 19.4 Å². The first kappa shape index (κ1) is 20.0. The Morgan fingerprint density at radius 1 is 1.10 bits per heavy atom. The molecule has 4 rings (SSSR count). The molecule has 0 bridgehead atoms. The van der Waals surface area contributed by atoms with Crippen LogP contribution in [0, 0.1) is 0 Å². The zero-order valence-corrected chi connectivity index (χ0v) is 17.0. The van der Waals surface area contributed by atoms with Gasteiger partial charge in [0.25, 0.3) is 5.91 Å². The van der Waals surface area contributed by atoms with Gasteiger partial charge in [0.05, 0.1) is 12.7 Å². The SMILES string of the molecule is O=C(COc1ccc(N2CCCC2=O)cc1)Nc1ccnn1Cc1ccc(Cl)cc1. The van der Waals surface area contributed by atoms with Crippen molar-refractivity contribution in [2.75, 3.05) is 23.4 Å². The zero-order chi connectivity index (χ0) is 20.9. The molecule has 2 aromatic carbocycles. The molecule has 2 amide bonds. The van der Waals surface area contributed by atoms with Gasteiger partial charge in [-0.3, -0.25) is 9.59 Å². The fourth-order valence-electron chi connectivity index (χ4n) is 3.30. The first-order valence-corrected chi connectivity index (χ1v) is 10.1. The van der Waals surface area contributed by atoms with Crippen LogP contribution < -0.4 is 15.0 Å². The molecule has 8 heteroatoms. The average Bonchev–Trinajstić information content (AvgIpc) is 3.37. The van der Waals surface area contributed by atoms with E-state index < -0.39 is 0 Å². The third-order valence-corrected chi connectivity index (χ3v) is 5.07. The molecule has 7 nitrogen and oxygen atoms in total. The topological polar surface area (TPSA) is 76.5 Å². The largest absolute Gasteiger partial charge is 0.484 e. The molecule has 0 saturated carbocycles. The molecule has 0 atom stereocenters. The Kier molecular flexibility index (Phi) is 5.99. The average molecular weight is 425 g/mol. The quantitative estimate of drug-likeness (QED) is 0.627. The van der Waals surface area contributed by atoms with E-state index in [9.17, 15) is 9.59 Å². The molecule has 1 aliphatic heterocycles. The van der Waals surface area contributed by atoms with Crippen molar-refractivity contribution in [3.63, 3.8) is 0 Å². The highest BCUT2D eigenvalue weighted by Crippen LogP contribution is 2.24. The molecule has 1 aromatic heterocycles. The fraction of sp³-hybridized carbons (Fsp3) is 0.227. The molecule has 1 saturated heterocycles. The maximum absolute atomic E-state index is 12.3. The summed E-state index contributed by atoms with van der Waals surface area (Å²) in [6.45, 7) is 1.12. The van der Waals surface area contributed by atoms with Crippen LogP contribution in [0.15, 0.2) is 60.8 Å². The lowest BCUT2D eigenvalue weighted by atomic mass is 10.2. The van der Waals surface area contributed by atoms with Crippen LogP contribution in [0.4, 0.5) is 11.5 Å². The molecular weight excluding hydrogens is 404 g/mol. The summed E-state index contributed by atoms with van der Waals surface area (Å²) >= 11 is 5.92. The van der Waals surface area contributed by atoms with E-state index in [0.717, 1.165) is 24.2 Å². The Hall–Kier alpha value is -3.32. The number of carbonyl (C=O) groups excluding carboxylic acids is 2. The highest BCUT2D eigenvalue weighted by Gasteiger charge is 2.21. The summed E-state index contributed by atoms with van der Waals surface area (Å²) in [4.78, 5) is 25.9. The first-order valence-electron chi connectivity index (χ1n) is 9.68. The van der Waals surface area contributed by atoms with Crippen molar-refractivity contribution in [3.05, 3.63) is 71.4 Å². The van der Waals surface area contributed by atoms with Gasteiger partial charge in [-0.05, 0) is 48.4 Å². The second kappa shape index (κ2) is 9.00. The van der Waals surface area contributed by atoms with Crippen molar-refractivity contribution in [2.24, 2.45) is 0 Å². The molecule has 0 unspecified atom stereocenters. The van der Waals surface area contributed by atoms with Gasteiger partial charge in [-0.2, -0.15) is 5.10 Å². The lowest BCUT2D eigenvalue weighted by Gasteiger charge is -2.16. The van der Waals surface area contributed by atoms with Crippen LogP contribution in [0.3, 0.4) is 0 Å². The summed E-state index contributed by atoms with van der Waals surface area (Å²) in [6.07, 6.45) is 3.10. The van der Waals surface area contributed by atoms with Gasteiger partial charge in [0.2, 0.25) is 5.91 Å². The van der Waals surface area contributed by atoms with E-state index in [2.05, 4.69) is 10.4 Å². The Balaban J connectivity index is 1.30. The molecular formula is C22H21ClN4O3. The number of nitrogens with one attached hydrogen (secondary N) is 1.